The molecule has 0 spiro atoms. The average Bonchev–Trinajstić information content (AvgIpc) is 2.90. The highest BCUT2D eigenvalue weighted by Gasteiger charge is 2.37. The molecule has 1 atom stereocenters. The van der Waals surface area contributed by atoms with Gasteiger partial charge in [0.25, 0.3) is 10.0 Å². The van der Waals surface area contributed by atoms with E-state index in [1.807, 2.05) is 0 Å². The predicted octanol–water partition coefficient (Wildman–Crippen LogP) is 5.50. The number of nitrogens with one attached hydrogen (secondary N) is 1. The highest BCUT2D eigenvalue weighted by atomic mass is 35.5. The van der Waals surface area contributed by atoms with Crippen LogP contribution in [0.1, 0.15) is 31.9 Å². The molecule has 0 aliphatic rings. The van der Waals surface area contributed by atoms with Crippen molar-refractivity contribution in [3.05, 3.63) is 95.0 Å². The first-order valence-electron chi connectivity index (χ1n) is 12.3. The number of anilines is 1. The molecule has 0 fully saturated rings. The van der Waals surface area contributed by atoms with Crippen LogP contribution in [0.5, 0.6) is 0 Å². The minimum Gasteiger partial charge on any atom is -0.352 e. The van der Waals surface area contributed by atoms with Crippen LogP contribution in [0.15, 0.2) is 83.8 Å². The Morgan fingerprint density at radius 3 is 2.05 bits per heavy atom. The largest absolute Gasteiger partial charge is 0.417 e. The number of benzene rings is 3. The van der Waals surface area contributed by atoms with Crippen molar-refractivity contribution in [1.29, 1.82) is 0 Å². The number of alkyl halides is 3. The molecule has 1 N–H and O–H groups in total. The Morgan fingerprint density at radius 1 is 0.925 bits per heavy atom. The average molecular weight is 596 g/mol. The summed E-state index contributed by atoms with van der Waals surface area (Å²) in [6, 6.07) is 17.1. The predicted molar refractivity (Wildman–Crippen MR) is 147 cm³/mol. The van der Waals surface area contributed by atoms with Crippen molar-refractivity contribution in [2.24, 2.45) is 0 Å². The fourth-order valence-electron chi connectivity index (χ4n) is 3.90. The molecule has 0 saturated heterocycles. The Morgan fingerprint density at radius 2 is 1.50 bits per heavy atom. The fourth-order valence-corrected chi connectivity index (χ4v) is 5.55. The monoisotopic (exact) mass is 595 g/mol. The summed E-state index contributed by atoms with van der Waals surface area (Å²) in [7, 11) is -4.52. The van der Waals surface area contributed by atoms with Gasteiger partial charge in [-0.1, -0.05) is 60.1 Å². The Labute approximate surface area is 236 Å². The molecule has 12 heteroatoms. The first kappa shape index (κ1) is 31.0. The highest BCUT2D eigenvalue weighted by Crippen LogP contribution is 2.38. The van der Waals surface area contributed by atoms with Crippen LogP contribution < -0.4 is 9.62 Å². The summed E-state index contributed by atoms with van der Waals surface area (Å²) >= 11 is 5.77. The van der Waals surface area contributed by atoms with Crippen molar-refractivity contribution in [1.82, 2.24) is 10.2 Å². The number of hydrogen-bond donors (Lipinski definition) is 1. The van der Waals surface area contributed by atoms with E-state index >= 15 is 0 Å². The summed E-state index contributed by atoms with van der Waals surface area (Å²) in [4.78, 5) is 27.6. The quantitative estimate of drug-likeness (QED) is 0.336. The molecule has 1 unspecified atom stereocenters. The molecule has 0 saturated carbocycles. The smallest absolute Gasteiger partial charge is 0.352 e. The lowest BCUT2D eigenvalue weighted by Crippen LogP contribution is -2.52. The van der Waals surface area contributed by atoms with Crippen molar-refractivity contribution in [2.75, 3.05) is 10.8 Å². The van der Waals surface area contributed by atoms with Gasteiger partial charge in [-0.2, -0.15) is 13.2 Å². The van der Waals surface area contributed by atoms with Crippen LogP contribution in [0.4, 0.5) is 18.9 Å². The van der Waals surface area contributed by atoms with Gasteiger partial charge in [0.1, 0.15) is 12.6 Å². The molecule has 0 aliphatic carbocycles. The molecule has 0 bridgehead atoms. The number of halogens is 4. The maximum absolute atomic E-state index is 13.8. The normalized spacial score (nSPS) is 12.6. The lowest BCUT2D eigenvalue weighted by Gasteiger charge is -2.32. The second kappa shape index (κ2) is 12.7. The Hall–Kier alpha value is -3.57. The molecule has 3 aromatic rings. The molecule has 0 aliphatic heterocycles. The van der Waals surface area contributed by atoms with Crippen LogP contribution in [0.25, 0.3) is 0 Å². The van der Waals surface area contributed by atoms with Crippen LogP contribution in [0.3, 0.4) is 0 Å². The van der Waals surface area contributed by atoms with Gasteiger partial charge in [-0.25, -0.2) is 8.42 Å². The first-order valence-corrected chi connectivity index (χ1v) is 14.1. The van der Waals surface area contributed by atoms with Crippen LogP contribution in [-0.2, 0) is 32.3 Å². The molecule has 214 valence electrons. The number of carbonyl (C=O) groups is 2. The van der Waals surface area contributed by atoms with Crippen LogP contribution in [0.2, 0.25) is 5.02 Å². The minimum atomic E-state index is -4.87. The molecule has 0 aromatic heterocycles. The zero-order valence-electron chi connectivity index (χ0n) is 22.0. The zero-order valence-corrected chi connectivity index (χ0v) is 23.6. The Bertz CT molecular complexity index is 1440. The number of hydrogen-bond acceptors (Lipinski definition) is 4. The Kier molecular flexibility index (Phi) is 9.86. The lowest BCUT2D eigenvalue weighted by molar-refractivity contribution is -0.139. The SMILES string of the molecule is CC(C)NC(=O)C(C)N(Cc1ccccc1)C(=O)CN(c1ccc(Cl)c(C(F)(F)F)c1)S(=O)(=O)c1ccccc1. The van der Waals surface area contributed by atoms with Gasteiger partial charge in [0.15, 0.2) is 0 Å². The number of nitrogens with zero attached hydrogens (tertiary/aromatic N) is 2. The topological polar surface area (TPSA) is 86.8 Å². The molecular weight excluding hydrogens is 567 g/mol. The molecule has 0 radical (unpaired) electrons. The molecule has 7 nitrogen and oxygen atoms in total. The van der Waals surface area contributed by atoms with E-state index < -0.39 is 56.9 Å². The number of rotatable bonds is 10. The summed E-state index contributed by atoms with van der Waals surface area (Å²) in [5.74, 6) is -1.26. The van der Waals surface area contributed by atoms with E-state index in [9.17, 15) is 31.2 Å². The van der Waals surface area contributed by atoms with Crippen LogP contribution >= 0.6 is 11.6 Å². The second-order valence-electron chi connectivity index (χ2n) is 9.33. The van der Waals surface area contributed by atoms with E-state index in [0.717, 1.165) is 12.1 Å². The third kappa shape index (κ3) is 7.54. The van der Waals surface area contributed by atoms with Gasteiger partial charge in [-0.3, -0.25) is 13.9 Å². The van der Waals surface area contributed by atoms with Gasteiger partial charge in [0.2, 0.25) is 11.8 Å². The van der Waals surface area contributed by atoms with Gasteiger partial charge in [0, 0.05) is 12.6 Å². The number of carbonyl (C=O) groups excluding carboxylic acids is 2. The first-order chi connectivity index (χ1) is 18.7. The van der Waals surface area contributed by atoms with E-state index in [1.165, 1.54) is 36.1 Å². The van der Waals surface area contributed by atoms with E-state index in [4.69, 9.17) is 11.6 Å². The van der Waals surface area contributed by atoms with Gasteiger partial charge in [-0.15, -0.1) is 0 Å². The van der Waals surface area contributed by atoms with Crippen molar-refractivity contribution >= 4 is 39.1 Å². The molecule has 40 heavy (non-hydrogen) atoms. The summed E-state index contributed by atoms with van der Waals surface area (Å²) in [6.07, 6.45) is -4.87. The minimum absolute atomic E-state index is 0.0417. The summed E-state index contributed by atoms with van der Waals surface area (Å²) in [6.45, 7) is 4.09. The maximum atomic E-state index is 13.8. The van der Waals surface area contributed by atoms with Crippen molar-refractivity contribution < 1.29 is 31.2 Å². The van der Waals surface area contributed by atoms with Crippen molar-refractivity contribution in [3.63, 3.8) is 0 Å². The second-order valence-corrected chi connectivity index (χ2v) is 11.6. The van der Waals surface area contributed by atoms with E-state index in [2.05, 4.69) is 5.32 Å². The maximum Gasteiger partial charge on any atom is 0.417 e. The number of amides is 2. The standard InChI is InChI=1S/C28H29ClF3N3O4S/c1-19(2)33-27(37)20(3)34(17-21-10-6-4-7-11-21)26(36)18-35(40(38,39)23-12-8-5-9-13-23)22-14-15-25(29)24(16-22)28(30,31)32/h4-16,19-20H,17-18H2,1-3H3,(H,33,37). The molecule has 2 amide bonds. The molecular formula is C28H29ClF3N3O4S. The van der Waals surface area contributed by atoms with E-state index in [1.54, 1.807) is 50.2 Å². The molecule has 0 heterocycles. The van der Waals surface area contributed by atoms with Crippen molar-refractivity contribution in [2.45, 2.75) is 50.5 Å². The third-order valence-corrected chi connectivity index (χ3v) is 8.07. The zero-order chi connectivity index (χ0) is 29.7. The van der Waals surface area contributed by atoms with Gasteiger partial charge < -0.3 is 10.2 Å². The third-order valence-electron chi connectivity index (χ3n) is 5.95. The van der Waals surface area contributed by atoms with Crippen LogP contribution in [-0.4, -0.2) is 43.8 Å². The lowest BCUT2D eigenvalue weighted by atomic mass is 10.1. The van der Waals surface area contributed by atoms with Gasteiger partial charge in [0.05, 0.1) is 21.2 Å². The summed E-state index contributed by atoms with van der Waals surface area (Å²) in [5.41, 5.74) is -0.991. The highest BCUT2D eigenvalue weighted by molar-refractivity contribution is 7.92. The van der Waals surface area contributed by atoms with Crippen molar-refractivity contribution in [3.8, 4) is 0 Å². The van der Waals surface area contributed by atoms with E-state index in [-0.39, 0.29) is 17.5 Å². The van der Waals surface area contributed by atoms with Crippen LogP contribution in [0, 0.1) is 0 Å². The van der Waals surface area contributed by atoms with E-state index in [0.29, 0.717) is 15.9 Å². The summed E-state index contributed by atoms with van der Waals surface area (Å²) in [5, 5.41) is 2.11. The number of sulfonamides is 1. The fraction of sp³-hybridized carbons (Fsp3) is 0.286. The summed E-state index contributed by atoms with van der Waals surface area (Å²) < 4.78 is 69.0. The van der Waals surface area contributed by atoms with Gasteiger partial charge in [-0.05, 0) is 56.7 Å². The molecule has 3 rings (SSSR count). The molecule has 3 aromatic carbocycles. The Balaban J connectivity index is 2.10. The van der Waals surface area contributed by atoms with Gasteiger partial charge >= 0.3 is 6.18 Å².